The standard InChI is InChI=1S/C15H30O4Si/c1-14(2,3)13(17)18-10-9-12(11-16)19-20(7,8)15(4,5)6/h11-12H,9-10H2,1-8H3/t12-/m1/s1. The minimum atomic E-state index is -1.97. The molecule has 0 amide bonds. The van der Waals surface area contributed by atoms with Crippen LogP contribution in [0.15, 0.2) is 0 Å². The number of hydrogen-bond donors (Lipinski definition) is 0. The van der Waals surface area contributed by atoms with Crippen molar-refractivity contribution in [1.29, 1.82) is 0 Å². The van der Waals surface area contributed by atoms with E-state index in [0.717, 1.165) is 6.29 Å². The van der Waals surface area contributed by atoms with E-state index in [1.54, 1.807) is 20.8 Å². The maximum absolute atomic E-state index is 11.6. The van der Waals surface area contributed by atoms with Crippen molar-refractivity contribution < 1.29 is 18.8 Å². The lowest BCUT2D eigenvalue weighted by Gasteiger charge is -2.38. The quantitative estimate of drug-likeness (QED) is 0.428. The van der Waals surface area contributed by atoms with E-state index in [1.165, 1.54) is 0 Å². The van der Waals surface area contributed by atoms with Crippen molar-refractivity contribution in [2.45, 2.75) is 72.2 Å². The molecule has 0 saturated heterocycles. The fourth-order valence-electron chi connectivity index (χ4n) is 1.19. The van der Waals surface area contributed by atoms with Crippen molar-refractivity contribution in [3.05, 3.63) is 0 Å². The van der Waals surface area contributed by atoms with Gasteiger partial charge >= 0.3 is 5.97 Å². The van der Waals surface area contributed by atoms with Crippen LogP contribution in [0.4, 0.5) is 0 Å². The average molecular weight is 302 g/mol. The van der Waals surface area contributed by atoms with Crippen LogP contribution in [0.3, 0.4) is 0 Å². The van der Waals surface area contributed by atoms with Gasteiger partial charge in [-0.1, -0.05) is 20.8 Å². The van der Waals surface area contributed by atoms with Gasteiger partial charge in [0.15, 0.2) is 8.32 Å². The molecular weight excluding hydrogens is 272 g/mol. The zero-order chi connectivity index (χ0) is 16.2. The lowest BCUT2D eigenvalue weighted by Crippen LogP contribution is -2.44. The maximum Gasteiger partial charge on any atom is 0.311 e. The van der Waals surface area contributed by atoms with Crippen LogP contribution in [-0.4, -0.2) is 33.3 Å². The summed E-state index contributed by atoms with van der Waals surface area (Å²) in [5.41, 5.74) is -0.517. The van der Waals surface area contributed by atoms with Gasteiger partial charge in [0.1, 0.15) is 12.4 Å². The minimum Gasteiger partial charge on any atom is -0.465 e. The normalized spacial score (nSPS) is 14.8. The molecule has 0 aliphatic carbocycles. The number of esters is 1. The van der Waals surface area contributed by atoms with Gasteiger partial charge in [0.05, 0.1) is 12.0 Å². The van der Waals surface area contributed by atoms with Crippen LogP contribution in [0.1, 0.15) is 48.0 Å². The first-order chi connectivity index (χ1) is 8.81. The average Bonchev–Trinajstić information content (AvgIpc) is 2.24. The van der Waals surface area contributed by atoms with Crippen molar-refractivity contribution in [3.63, 3.8) is 0 Å². The van der Waals surface area contributed by atoms with Crippen LogP contribution in [-0.2, 0) is 18.8 Å². The number of carbonyl (C=O) groups is 2. The Kier molecular flexibility index (Phi) is 6.62. The highest BCUT2D eigenvalue weighted by atomic mass is 28.4. The lowest BCUT2D eigenvalue weighted by molar-refractivity contribution is -0.153. The Labute approximate surface area is 124 Å². The molecule has 1 atom stereocenters. The van der Waals surface area contributed by atoms with E-state index < -0.39 is 19.8 Å². The Hall–Kier alpha value is -0.683. The summed E-state index contributed by atoms with van der Waals surface area (Å²) in [6.07, 6.45) is 0.729. The Balaban J connectivity index is 4.39. The third-order valence-corrected chi connectivity index (χ3v) is 8.16. The van der Waals surface area contributed by atoms with E-state index in [1.807, 2.05) is 0 Å². The molecular formula is C15H30O4Si. The molecule has 0 aliphatic heterocycles. The van der Waals surface area contributed by atoms with E-state index in [4.69, 9.17) is 9.16 Å². The zero-order valence-electron chi connectivity index (χ0n) is 14.2. The zero-order valence-corrected chi connectivity index (χ0v) is 15.2. The summed E-state index contributed by atoms with van der Waals surface area (Å²) in [6.45, 7) is 16.2. The molecule has 0 aromatic heterocycles. The Morgan fingerprint density at radius 3 is 2.00 bits per heavy atom. The predicted octanol–water partition coefficient (Wildman–Crippen LogP) is 3.56. The number of rotatable bonds is 6. The predicted molar refractivity (Wildman–Crippen MR) is 83.2 cm³/mol. The molecule has 0 bridgehead atoms. The number of hydrogen-bond acceptors (Lipinski definition) is 4. The monoisotopic (exact) mass is 302 g/mol. The number of ether oxygens (including phenoxy) is 1. The molecule has 0 aliphatic rings. The molecule has 0 fully saturated rings. The first-order valence-electron chi connectivity index (χ1n) is 7.11. The molecule has 0 saturated carbocycles. The van der Waals surface area contributed by atoms with Gasteiger partial charge < -0.3 is 14.0 Å². The molecule has 0 aromatic rings. The fourth-order valence-corrected chi connectivity index (χ4v) is 2.48. The maximum atomic E-state index is 11.6. The number of carbonyl (C=O) groups excluding carboxylic acids is 2. The Bertz CT molecular complexity index is 337. The van der Waals surface area contributed by atoms with Crippen LogP contribution in [0.2, 0.25) is 18.1 Å². The number of aldehydes is 1. The van der Waals surface area contributed by atoms with E-state index in [-0.39, 0.29) is 17.6 Å². The third kappa shape index (κ3) is 6.18. The van der Waals surface area contributed by atoms with Gasteiger partial charge in [0, 0.05) is 6.42 Å². The molecule has 0 rings (SSSR count). The van der Waals surface area contributed by atoms with Crippen LogP contribution >= 0.6 is 0 Å². The van der Waals surface area contributed by atoms with Gasteiger partial charge in [-0.15, -0.1) is 0 Å². The van der Waals surface area contributed by atoms with E-state index in [0.29, 0.717) is 6.42 Å². The molecule has 0 N–H and O–H groups in total. The molecule has 0 aromatic carbocycles. The van der Waals surface area contributed by atoms with Crippen molar-refractivity contribution >= 4 is 20.6 Å². The molecule has 0 spiro atoms. The van der Waals surface area contributed by atoms with E-state index in [2.05, 4.69) is 33.9 Å². The summed E-state index contributed by atoms with van der Waals surface area (Å²) in [5, 5.41) is 0.0519. The topological polar surface area (TPSA) is 52.6 Å². The highest BCUT2D eigenvalue weighted by molar-refractivity contribution is 6.74. The summed E-state index contributed by atoms with van der Waals surface area (Å²) in [7, 11) is -1.97. The second-order valence-corrected chi connectivity index (χ2v) is 12.5. The van der Waals surface area contributed by atoms with Gasteiger partial charge in [0.2, 0.25) is 0 Å². The van der Waals surface area contributed by atoms with Gasteiger partial charge in [-0.05, 0) is 38.9 Å². The van der Waals surface area contributed by atoms with Gasteiger partial charge in [-0.3, -0.25) is 4.79 Å². The molecule has 4 nitrogen and oxygen atoms in total. The van der Waals surface area contributed by atoms with Crippen molar-refractivity contribution in [1.82, 2.24) is 0 Å². The summed E-state index contributed by atoms with van der Waals surface area (Å²) in [5.74, 6) is -0.255. The molecule has 118 valence electrons. The van der Waals surface area contributed by atoms with Gasteiger partial charge in [-0.2, -0.15) is 0 Å². The fraction of sp³-hybridized carbons (Fsp3) is 0.867. The first kappa shape index (κ1) is 19.3. The highest BCUT2D eigenvalue weighted by Crippen LogP contribution is 2.37. The van der Waals surface area contributed by atoms with Crippen LogP contribution in [0, 0.1) is 5.41 Å². The smallest absolute Gasteiger partial charge is 0.311 e. The summed E-state index contributed by atoms with van der Waals surface area (Å²) >= 11 is 0. The van der Waals surface area contributed by atoms with Crippen molar-refractivity contribution in [2.24, 2.45) is 5.41 Å². The largest absolute Gasteiger partial charge is 0.465 e. The summed E-state index contributed by atoms with van der Waals surface area (Å²) in [6, 6.07) is 0. The molecule has 0 unspecified atom stereocenters. The van der Waals surface area contributed by atoms with E-state index in [9.17, 15) is 9.59 Å². The minimum absolute atomic E-state index is 0.0519. The Morgan fingerprint density at radius 2 is 1.65 bits per heavy atom. The summed E-state index contributed by atoms with van der Waals surface area (Å²) in [4.78, 5) is 22.8. The van der Waals surface area contributed by atoms with Crippen LogP contribution in [0.5, 0.6) is 0 Å². The van der Waals surface area contributed by atoms with Crippen LogP contribution < -0.4 is 0 Å². The first-order valence-corrected chi connectivity index (χ1v) is 10.0. The molecule has 5 heteroatoms. The second kappa shape index (κ2) is 6.85. The highest BCUT2D eigenvalue weighted by Gasteiger charge is 2.39. The SMILES string of the molecule is CC(C)(C)C(=O)OCC[C@H](C=O)O[Si](C)(C)C(C)(C)C. The van der Waals surface area contributed by atoms with Crippen molar-refractivity contribution in [2.75, 3.05) is 6.61 Å². The molecule has 0 radical (unpaired) electrons. The molecule has 20 heavy (non-hydrogen) atoms. The van der Waals surface area contributed by atoms with Gasteiger partial charge in [0.25, 0.3) is 0 Å². The Morgan fingerprint density at radius 1 is 1.15 bits per heavy atom. The molecule has 0 heterocycles. The van der Waals surface area contributed by atoms with Gasteiger partial charge in [-0.25, -0.2) is 0 Å². The van der Waals surface area contributed by atoms with Crippen LogP contribution in [0.25, 0.3) is 0 Å². The summed E-state index contributed by atoms with van der Waals surface area (Å²) < 4.78 is 11.2. The lowest BCUT2D eigenvalue weighted by atomic mass is 9.97. The van der Waals surface area contributed by atoms with Crippen molar-refractivity contribution in [3.8, 4) is 0 Å². The third-order valence-electron chi connectivity index (χ3n) is 3.65. The second-order valence-electron chi connectivity index (χ2n) is 7.73. The van der Waals surface area contributed by atoms with E-state index >= 15 is 0 Å².